The van der Waals surface area contributed by atoms with Crippen LogP contribution < -0.4 is 5.32 Å². The van der Waals surface area contributed by atoms with Crippen molar-refractivity contribution < 1.29 is 5.11 Å². The summed E-state index contributed by atoms with van der Waals surface area (Å²) >= 11 is 1.68. The van der Waals surface area contributed by atoms with Crippen LogP contribution in [0, 0.1) is 0 Å². The molecule has 1 unspecified atom stereocenters. The van der Waals surface area contributed by atoms with Crippen molar-refractivity contribution in [2.24, 2.45) is 0 Å². The first-order chi connectivity index (χ1) is 10.7. The molecule has 5 heteroatoms. The van der Waals surface area contributed by atoms with Gasteiger partial charge in [0.25, 0.3) is 0 Å². The molecule has 114 valence electrons. The normalized spacial score (nSPS) is 13.9. The van der Waals surface area contributed by atoms with E-state index in [0.29, 0.717) is 13.1 Å². The minimum atomic E-state index is -0.895. The third-order valence-electron chi connectivity index (χ3n) is 3.67. The molecule has 0 aliphatic rings. The molecule has 0 bridgehead atoms. The number of benzene rings is 1. The summed E-state index contributed by atoms with van der Waals surface area (Å²) in [7, 11) is 0. The van der Waals surface area contributed by atoms with Crippen LogP contribution in [-0.4, -0.2) is 21.8 Å². The number of nitrogens with zero attached hydrogens (tertiary/aromatic N) is 1. The fraction of sp³-hybridized carbons (Fsp3) is 0.235. The van der Waals surface area contributed by atoms with Gasteiger partial charge in [-0.05, 0) is 23.9 Å². The predicted molar refractivity (Wildman–Crippen MR) is 89.6 cm³/mol. The minimum absolute atomic E-state index is 0.478. The molecule has 0 aliphatic carbocycles. The Hall–Kier alpha value is -1.95. The molecule has 0 spiro atoms. The molecule has 1 atom stereocenters. The zero-order valence-electron chi connectivity index (χ0n) is 12.4. The summed E-state index contributed by atoms with van der Waals surface area (Å²) in [4.78, 5) is 1.17. The fourth-order valence-corrected chi connectivity index (χ4v) is 3.17. The van der Waals surface area contributed by atoms with E-state index in [1.807, 2.05) is 54.9 Å². The Morgan fingerprint density at radius 3 is 2.77 bits per heavy atom. The Balaban J connectivity index is 1.64. The van der Waals surface area contributed by atoms with Crippen LogP contribution >= 0.6 is 11.3 Å². The Morgan fingerprint density at radius 2 is 2.05 bits per heavy atom. The van der Waals surface area contributed by atoms with Crippen molar-refractivity contribution in [2.75, 3.05) is 6.54 Å². The Morgan fingerprint density at radius 1 is 1.23 bits per heavy atom. The van der Waals surface area contributed by atoms with Gasteiger partial charge in [-0.25, -0.2) is 0 Å². The Labute approximate surface area is 133 Å². The maximum atomic E-state index is 10.6. The topological polar surface area (TPSA) is 60.9 Å². The maximum absolute atomic E-state index is 10.6. The summed E-state index contributed by atoms with van der Waals surface area (Å²) in [5.74, 6) is 0. The van der Waals surface area contributed by atoms with E-state index in [2.05, 4.69) is 21.6 Å². The smallest absolute Gasteiger partial charge is 0.0992 e. The van der Waals surface area contributed by atoms with Crippen molar-refractivity contribution in [3.05, 3.63) is 65.2 Å². The first-order valence-corrected chi connectivity index (χ1v) is 8.09. The average molecular weight is 313 g/mol. The minimum Gasteiger partial charge on any atom is -0.384 e. The van der Waals surface area contributed by atoms with Gasteiger partial charge in [-0.3, -0.25) is 5.10 Å². The van der Waals surface area contributed by atoms with Gasteiger partial charge in [0.15, 0.2) is 0 Å². The first-order valence-electron chi connectivity index (χ1n) is 7.21. The van der Waals surface area contributed by atoms with Crippen LogP contribution in [-0.2, 0) is 12.1 Å². The van der Waals surface area contributed by atoms with E-state index in [9.17, 15) is 5.11 Å². The van der Waals surface area contributed by atoms with Crippen LogP contribution in [0.25, 0.3) is 10.6 Å². The van der Waals surface area contributed by atoms with Gasteiger partial charge in [-0.1, -0.05) is 36.4 Å². The van der Waals surface area contributed by atoms with E-state index in [-0.39, 0.29) is 0 Å². The summed E-state index contributed by atoms with van der Waals surface area (Å²) in [6.45, 7) is 2.96. The number of aromatic nitrogens is 2. The van der Waals surface area contributed by atoms with Gasteiger partial charge >= 0.3 is 0 Å². The zero-order chi connectivity index (χ0) is 15.4. The molecule has 0 saturated heterocycles. The lowest BCUT2D eigenvalue weighted by atomic mass is 9.96. The number of hydrogen-bond acceptors (Lipinski definition) is 4. The molecule has 0 aliphatic heterocycles. The van der Waals surface area contributed by atoms with E-state index in [1.54, 1.807) is 11.3 Å². The number of thiophene rings is 1. The van der Waals surface area contributed by atoms with Crippen LogP contribution in [0.15, 0.2) is 54.0 Å². The molecule has 2 aromatic heterocycles. The summed E-state index contributed by atoms with van der Waals surface area (Å²) in [6, 6.07) is 13.8. The number of nitrogens with one attached hydrogen (secondary N) is 2. The second-order valence-electron chi connectivity index (χ2n) is 5.49. The molecule has 3 N–H and O–H groups in total. The summed E-state index contributed by atoms with van der Waals surface area (Å²) in [6.07, 6.45) is 1.83. The highest BCUT2D eigenvalue weighted by molar-refractivity contribution is 7.13. The molecule has 0 radical (unpaired) electrons. The van der Waals surface area contributed by atoms with Crippen molar-refractivity contribution >= 4 is 11.3 Å². The second-order valence-corrected chi connectivity index (χ2v) is 6.44. The van der Waals surface area contributed by atoms with Crippen LogP contribution in [0.1, 0.15) is 18.1 Å². The first kappa shape index (κ1) is 15.0. The SMILES string of the molecule is CC(O)(CNCc1cn[nH]c1-c1cccs1)c1ccccc1. The molecule has 4 nitrogen and oxygen atoms in total. The second kappa shape index (κ2) is 6.44. The molecule has 0 saturated carbocycles. The molecule has 0 fully saturated rings. The van der Waals surface area contributed by atoms with E-state index >= 15 is 0 Å². The van der Waals surface area contributed by atoms with E-state index in [4.69, 9.17) is 0 Å². The molecule has 3 aromatic rings. The van der Waals surface area contributed by atoms with Crippen LogP contribution in [0.3, 0.4) is 0 Å². The fourth-order valence-electron chi connectivity index (χ4n) is 2.42. The number of rotatable bonds is 6. The van der Waals surface area contributed by atoms with E-state index in [1.165, 1.54) is 4.88 Å². The van der Waals surface area contributed by atoms with E-state index in [0.717, 1.165) is 16.8 Å². The van der Waals surface area contributed by atoms with Gasteiger partial charge in [0.05, 0.1) is 22.4 Å². The number of H-pyrrole nitrogens is 1. The number of aromatic amines is 1. The van der Waals surface area contributed by atoms with Crippen molar-refractivity contribution in [3.8, 4) is 10.6 Å². The molecule has 22 heavy (non-hydrogen) atoms. The quantitative estimate of drug-likeness (QED) is 0.655. The van der Waals surface area contributed by atoms with Crippen LogP contribution in [0.2, 0.25) is 0 Å². The molecule has 2 heterocycles. The van der Waals surface area contributed by atoms with Gasteiger partial charge in [-0.15, -0.1) is 11.3 Å². The highest BCUT2D eigenvalue weighted by atomic mass is 32.1. The van der Waals surface area contributed by atoms with Gasteiger partial charge in [-0.2, -0.15) is 5.10 Å². The number of hydrogen-bond donors (Lipinski definition) is 3. The molecule has 1 aromatic carbocycles. The van der Waals surface area contributed by atoms with Crippen molar-refractivity contribution in [2.45, 2.75) is 19.1 Å². The van der Waals surface area contributed by atoms with Crippen LogP contribution in [0.4, 0.5) is 0 Å². The van der Waals surface area contributed by atoms with Gasteiger partial charge in [0, 0.05) is 18.7 Å². The lowest BCUT2D eigenvalue weighted by Gasteiger charge is -2.24. The lowest BCUT2D eigenvalue weighted by molar-refractivity contribution is 0.0567. The monoisotopic (exact) mass is 313 g/mol. The Kier molecular flexibility index (Phi) is 4.38. The molecular weight excluding hydrogens is 294 g/mol. The van der Waals surface area contributed by atoms with Crippen molar-refractivity contribution in [1.29, 1.82) is 0 Å². The largest absolute Gasteiger partial charge is 0.384 e. The van der Waals surface area contributed by atoms with Gasteiger partial charge in [0.2, 0.25) is 0 Å². The highest BCUT2D eigenvalue weighted by Crippen LogP contribution is 2.26. The van der Waals surface area contributed by atoms with Gasteiger partial charge < -0.3 is 10.4 Å². The summed E-state index contributed by atoms with van der Waals surface area (Å²) in [5.41, 5.74) is 2.16. The third kappa shape index (κ3) is 3.27. The summed E-state index contributed by atoms with van der Waals surface area (Å²) < 4.78 is 0. The highest BCUT2D eigenvalue weighted by Gasteiger charge is 2.22. The average Bonchev–Trinajstić information content (AvgIpc) is 3.18. The van der Waals surface area contributed by atoms with Crippen molar-refractivity contribution in [1.82, 2.24) is 15.5 Å². The van der Waals surface area contributed by atoms with Gasteiger partial charge in [0.1, 0.15) is 0 Å². The molecule has 3 rings (SSSR count). The third-order valence-corrected chi connectivity index (χ3v) is 4.55. The standard InChI is InChI=1S/C17H19N3OS/c1-17(21,14-6-3-2-4-7-14)12-18-10-13-11-19-20-16(13)15-8-5-9-22-15/h2-9,11,18,21H,10,12H2,1H3,(H,19,20). The zero-order valence-corrected chi connectivity index (χ0v) is 13.2. The maximum Gasteiger partial charge on any atom is 0.0992 e. The molecule has 0 amide bonds. The van der Waals surface area contributed by atoms with E-state index < -0.39 is 5.60 Å². The number of aliphatic hydroxyl groups is 1. The van der Waals surface area contributed by atoms with Crippen molar-refractivity contribution in [3.63, 3.8) is 0 Å². The van der Waals surface area contributed by atoms with Crippen LogP contribution in [0.5, 0.6) is 0 Å². The Bertz CT molecular complexity index is 705. The molecular formula is C17H19N3OS. The predicted octanol–water partition coefficient (Wildman–Crippen LogP) is 3.14. The lowest BCUT2D eigenvalue weighted by Crippen LogP contribution is -2.35. The summed E-state index contributed by atoms with van der Waals surface area (Å²) in [5, 5.41) is 23.1.